The van der Waals surface area contributed by atoms with Crippen molar-refractivity contribution in [2.75, 3.05) is 44.0 Å². The van der Waals surface area contributed by atoms with E-state index in [1.54, 1.807) is 12.1 Å². The first kappa shape index (κ1) is 16.1. The van der Waals surface area contributed by atoms with Gasteiger partial charge in [0.15, 0.2) is 9.84 Å². The summed E-state index contributed by atoms with van der Waals surface area (Å²) in [6.07, 6.45) is 3.44. The number of nitrogens with two attached hydrogens (primary N) is 1. The highest BCUT2D eigenvalue weighted by atomic mass is 32.2. The van der Waals surface area contributed by atoms with Crippen LogP contribution in [0.2, 0.25) is 0 Å². The molecule has 0 aliphatic carbocycles. The van der Waals surface area contributed by atoms with E-state index in [1.165, 1.54) is 6.26 Å². The van der Waals surface area contributed by atoms with Crippen LogP contribution in [0.4, 0.5) is 11.4 Å². The average molecular weight is 311 g/mol. The van der Waals surface area contributed by atoms with Gasteiger partial charge < -0.3 is 16.0 Å². The van der Waals surface area contributed by atoms with Crippen molar-refractivity contribution in [2.45, 2.75) is 24.7 Å². The van der Waals surface area contributed by atoms with E-state index in [4.69, 9.17) is 5.73 Å². The van der Waals surface area contributed by atoms with Crippen LogP contribution in [0.1, 0.15) is 19.8 Å². The molecule has 1 aromatic carbocycles. The standard InChI is InChI=1S/C15H25N3O2S/c1-15(7-9-18(2)10-8-15)11-17-12-5-4-6-13(14(12)16)21(3,19)20/h4-6,17H,7-11,16H2,1-3H3. The molecule has 6 heteroatoms. The Morgan fingerprint density at radius 1 is 1.33 bits per heavy atom. The maximum atomic E-state index is 11.7. The zero-order valence-electron chi connectivity index (χ0n) is 13.0. The molecule has 0 spiro atoms. The minimum Gasteiger partial charge on any atom is -0.396 e. The largest absolute Gasteiger partial charge is 0.396 e. The molecule has 1 aromatic rings. The molecule has 21 heavy (non-hydrogen) atoms. The van der Waals surface area contributed by atoms with Crippen LogP contribution in [0.5, 0.6) is 0 Å². The number of anilines is 2. The van der Waals surface area contributed by atoms with E-state index in [9.17, 15) is 8.42 Å². The fourth-order valence-electron chi connectivity index (χ4n) is 2.67. The molecule has 0 radical (unpaired) electrons. The fraction of sp³-hybridized carbons (Fsp3) is 0.600. The van der Waals surface area contributed by atoms with Gasteiger partial charge in [-0.15, -0.1) is 0 Å². The first-order valence-electron chi connectivity index (χ1n) is 7.22. The molecule has 0 aromatic heterocycles. The Labute approximate surface area is 127 Å². The molecule has 1 aliphatic rings. The van der Waals surface area contributed by atoms with Crippen LogP contribution in [0.15, 0.2) is 23.1 Å². The zero-order chi connectivity index (χ0) is 15.7. The molecule has 1 heterocycles. The third-order valence-electron chi connectivity index (χ3n) is 4.37. The van der Waals surface area contributed by atoms with Crippen LogP contribution in [0.25, 0.3) is 0 Å². The number of rotatable bonds is 4. The first-order valence-corrected chi connectivity index (χ1v) is 9.11. The number of hydrogen-bond acceptors (Lipinski definition) is 5. The Morgan fingerprint density at radius 2 is 1.95 bits per heavy atom. The Bertz CT molecular complexity index is 605. The molecule has 1 aliphatic heterocycles. The second-order valence-corrected chi connectivity index (χ2v) is 8.44. The maximum Gasteiger partial charge on any atom is 0.177 e. The van der Waals surface area contributed by atoms with Crippen LogP contribution in [-0.2, 0) is 9.84 Å². The van der Waals surface area contributed by atoms with Gasteiger partial charge in [0.1, 0.15) is 0 Å². The van der Waals surface area contributed by atoms with Gasteiger partial charge >= 0.3 is 0 Å². The van der Waals surface area contributed by atoms with E-state index >= 15 is 0 Å². The van der Waals surface area contributed by atoms with Gasteiger partial charge in [-0.3, -0.25) is 0 Å². The zero-order valence-corrected chi connectivity index (χ0v) is 13.8. The predicted molar refractivity (Wildman–Crippen MR) is 87.3 cm³/mol. The third-order valence-corrected chi connectivity index (χ3v) is 5.52. The summed E-state index contributed by atoms with van der Waals surface area (Å²) in [7, 11) is -1.15. The van der Waals surface area contributed by atoms with Crippen molar-refractivity contribution in [3.63, 3.8) is 0 Å². The number of nitrogens with zero attached hydrogens (tertiary/aromatic N) is 1. The first-order chi connectivity index (χ1) is 9.71. The summed E-state index contributed by atoms with van der Waals surface area (Å²) in [6.45, 7) is 5.26. The molecule has 0 bridgehead atoms. The average Bonchev–Trinajstić information content (AvgIpc) is 2.40. The Morgan fingerprint density at radius 3 is 2.52 bits per heavy atom. The molecule has 118 valence electrons. The van der Waals surface area contributed by atoms with Crippen LogP contribution in [0, 0.1) is 5.41 Å². The molecule has 5 nitrogen and oxygen atoms in total. The molecule has 1 saturated heterocycles. The molecular weight excluding hydrogens is 286 g/mol. The van der Waals surface area contributed by atoms with Crippen molar-refractivity contribution in [2.24, 2.45) is 5.41 Å². The minimum absolute atomic E-state index is 0.195. The van der Waals surface area contributed by atoms with Gasteiger partial charge in [-0.25, -0.2) is 8.42 Å². The number of sulfone groups is 1. The van der Waals surface area contributed by atoms with E-state index in [2.05, 4.69) is 24.2 Å². The van der Waals surface area contributed by atoms with E-state index < -0.39 is 9.84 Å². The van der Waals surface area contributed by atoms with Gasteiger partial charge in [-0.05, 0) is 50.5 Å². The Hall–Kier alpha value is -1.27. The molecule has 3 N–H and O–H groups in total. The van der Waals surface area contributed by atoms with Gasteiger partial charge in [0.2, 0.25) is 0 Å². The van der Waals surface area contributed by atoms with Crippen molar-refractivity contribution >= 4 is 21.2 Å². The van der Waals surface area contributed by atoms with Crippen molar-refractivity contribution in [1.29, 1.82) is 0 Å². The lowest BCUT2D eigenvalue weighted by Gasteiger charge is -2.38. The molecule has 0 amide bonds. The molecule has 0 atom stereocenters. The lowest BCUT2D eigenvalue weighted by Crippen LogP contribution is -2.40. The van der Waals surface area contributed by atoms with E-state index in [0.717, 1.165) is 32.5 Å². The number of likely N-dealkylation sites (tertiary alicyclic amines) is 1. The highest BCUT2D eigenvalue weighted by Gasteiger charge is 2.28. The second kappa shape index (κ2) is 5.85. The van der Waals surface area contributed by atoms with Crippen molar-refractivity contribution in [3.05, 3.63) is 18.2 Å². The van der Waals surface area contributed by atoms with Crippen LogP contribution < -0.4 is 11.1 Å². The highest BCUT2D eigenvalue weighted by molar-refractivity contribution is 7.90. The molecular formula is C15H25N3O2S. The highest BCUT2D eigenvalue weighted by Crippen LogP contribution is 2.32. The van der Waals surface area contributed by atoms with Crippen LogP contribution in [0.3, 0.4) is 0 Å². The number of nitrogens with one attached hydrogen (secondary N) is 1. The Balaban J connectivity index is 2.11. The van der Waals surface area contributed by atoms with Crippen molar-refractivity contribution in [1.82, 2.24) is 4.90 Å². The number of piperidine rings is 1. The fourth-order valence-corrected chi connectivity index (χ4v) is 3.50. The number of benzene rings is 1. The summed E-state index contributed by atoms with van der Waals surface area (Å²) >= 11 is 0. The molecule has 0 unspecified atom stereocenters. The lowest BCUT2D eigenvalue weighted by atomic mass is 9.80. The smallest absolute Gasteiger partial charge is 0.177 e. The lowest BCUT2D eigenvalue weighted by molar-refractivity contribution is 0.150. The molecule has 2 rings (SSSR count). The topological polar surface area (TPSA) is 75.4 Å². The summed E-state index contributed by atoms with van der Waals surface area (Å²) in [5, 5.41) is 3.34. The second-order valence-electron chi connectivity index (χ2n) is 6.46. The monoisotopic (exact) mass is 311 g/mol. The van der Waals surface area contributed by atoms with Crippen LogP contribution in [-0.4, -0.2) is 46.3 Å². The van der Waals surface area contributed by atoms with Crippen LogP contribution >= 0.6 is 0 Å². The predicted octanol–water partition coefficient (Wildman–Crippen LogP) is 1.82. The van der Waals surface area contributed by atoms with E-state index in [-0.39, 0.29) is 10.3 Å². The number of nitrogen functional groups attached to an aromatic ring is 1. The maximum absolute atomic E-state index is 11.7. The van der Waals surface area contributed by atoms with Crippen molar-refractivity contribution in [3.8, 4) is 0 Å². The summed E-state index contributed by atoms with van der Waals surface area (Å²) in [6, 6.07) is 5.11. The van der Waals surface area contributed by atoms with Gasteiger partial charge in [0.05, 0.1) is 16.3 Å². The van der Waals surface area contributed by atoms with E-state index in [1.807, 2.05) is 6.07 Å². The van der Waals surface area contributed by atoms with Gasteiger partial charge in [-0.2, -0.15) is 0 Å². The normalized spacial score (nSPS) is 19.4. The van der Waals surface area contributed by atoms with Gasteiger partial charge in [0.25, 0.3) is 0 Å². The molecule has 0 saturated carbocycles. The summed E-state index contributed by atoms with van der Waals surface area (Å²) in [4.78, 5) is 2.53. The summed E-state index contributed by atoms with van der Waals surface area (Å²) in [5.41, 5.74) is 7.25. The van der Waals surface area contributed by atoms with Gasteiger partial charge in [-0.1, -0.05) is 13.0 Å². The quantitative estimate of drug-likeness (QED) is 0.830. The van der Waals surface area contributed by atoms with E-state index in [0.29, 0.717) is 11.4 Å². The number of para-hydroxylation sites is 1. The Kier molecular flexibility index (Phi) is 4.49. The molecule has 1 fully saturated rings. The van der Waals surface area contributed by atoms with Gasteiger partial charge in [0, 0.05) is 12.8 Å². The third kappa shape index (κ3) is 3.89. The summed E-state index contributed by atoms with van der Waals surface area (Å²) in [5.74, 6) is 0. The number of hydrogen-bond donors (Lipinski definition) is 2. The van der Waals surface area contributed by atoms with Crippen molar-refractivity contribution < 1.29 is 8.42 Å². The SMILES string of the molecule is CN1CCC(C)(CNc2cccc(S(C)(=O)=O)c2N)CC1. The minimum atomic E-state index is -3.29. The summed E-state index contributed by atoms with van der Waals surface area (Å²) < 4.78 is 23.4.